The monoisotopic (exact) mass is 349 g/mol. The Morgan fingerprint density at radius 1 is 1.29 bits per heavy atom. The van der Waals surface area contributed by atoms with Crippen LogP contribution < -0.4 is 5.32 Å². The molecule has 1 heterocycles. The van der Waals surface area contributed by atoms with E-state index in [-0.39, 0.29) is 46.5 Å². The zero-order chi connectivity index (χ0) is 14.7. The van der Waals surface area contributed by atoms with Gasteiger partial charge in [0.05, 0.1) is 16.7 Å². The fourth-order valence-electron chi connectivity index (χ4n) is 4.19. The van der Waals surface area contributed by atoms with Gasteiger partial charge in [0, 0.05) is 11.6 Å². The maximum atomic E-state index is 12.6. The number of carbonyl (C=O) groups is 2. The molecule has 1 N–H and O–H groups in total. The number of hydrogen-bond donors (Lipinski definition) is 1. The van der Waals surface area contributed by atoms with E-state index in [4.69, 9.17) is 4.74 Å². The molecule has 0 unspecified atom stereocenters. The second-order valence-corrected chi connectivity index (χ2v) is 7.37. The summed E-state index contributed by atoms with van der Waals surface area (Å²) < 4.78 is 5.43. The number of halogens is 1. The summed E-state index contributed by atoms with van der Waals surface area (Å²) in [5.41, 5.74) is 1.93. The van der Waals surface area contributed by atoms with Crippen LogP contribution in [0, 0.1) is 30.6 Å². The van der Waals surface area contributed by atoms with Crippen molar-refractivity contribution >= 4 is 33.5 Å². The van der Waals surface area contributed by atoms with Crippen molar-refractivity contribution in [3.8, 4) is 0 Å². The number of hydrogen-bond acceptors (Lipinski definition) is 3. The summed E-state index contributed by atoms with van der Waals surface area (Å²) in [5.74, 6) is -0.370. The van der Waals surface area contributed by atoms with Crippen LogP contribution in [0.3, 0.4) is 0 Å². The minimum atomic E-state index is -0.271. The van der Waals surface area contributed by atoms with E-state index in [1.165, 1.54) is 0 Å². The van der Waals surface area contributed by atoms with Crippen LogP contribution in [0.25, 0.3) is 0 Å². The molecule has 1 amide bonds. The lowest BCUT2D eigenvalue weighted by Gasteiger charge is -2.27. The number of carbonyl (C=O) groups excluding carboxylic acids is 2. The molecule has 1 aromatic rings. The molecule has 6 atom stereocenters. The normalized spacial score (nSPS) is 39.4. The Morgan fingerprint density at radius 2 is 2.00 bits per heavy atom. The van der Waals surface area contributed by atoms with Crippen molar-refractivity contribution in [3.05, 3.63) is 29.8 Å². The smallest absolute Gasteiger partial charge is 0.310 e. The maximum absolute atomic E-state index is 12.6. The van der Waals surface area contributed by atoms with E-state index in [0.717, 1.165) is 17.7 Å². The van der Waals surface area contributed by atoms with E-state index in [0.29, 0.717) is 0 Å². The van der Waals surface area contributed by atoms with Gasteiger partial charge < -0.3 is 10.1 Å². The van der Waals surface area contributed by atoms with Crippen molar-refractivity contribution in [2.24, 2.45) is 23.7 Å². The molecule has 1 saturated heterocycles. The third kappa shape index (κ3) is 1.86. The molecule has 1 aliphatic heterocycles. The van der Waals surface area contributed by atoms with Gasteiger partial charge in [-0.15, -0.1) is 0 Å². The topological polar surface area (TPSA) is 55.4 Å². The summed E-state index contributed by atoms with van der Waals surface area (Å²) >= 11 is 3.62. The third-order valence-corrected chi connectivity index (χ3v) is 6.34. The van der Waals surface area contributed by atoms with Crippen LogP contribution in [0.2, 0.25) is 0 Å². The molecule has 4 nitrogen and oxygen atoms in total. The van der Waals surface area contributed by atoms with Crippen molar-refractivity contribution in [1.29, 1.82) is 0 Å². The minimum Gasteiger partial charge on any atom is -0.461 e. The van der Waals surface area contributed by atoms with E-state index >= 15 is 0 Å². The summed E-state index contributed by atoms with van der Waals surface area (Å²) in [4.78, 5) is 24.8. The summed E-state index contributed by atoms with van der Waals surface area (Å²) in [6.07, 6.45) is 0.874. The van der Waals surface area contributed by atoms with Crippen molar-refractivity contribution < 1.29 is 14.3 Å². The van der Waals surface area contributed by atoms with Crippen LogP contribution in [0.1, 0.15) is 12.0 Å². The van der Waals surface area contributed by atoms with Crippen LogP contribution >= 0.6 is 15.9 Å². The highest BCUT2D eigenvalue weighted by Gasteiger charge is 2.67. The van der Waals surface area contributed by atoms with Crippen molar-refractivity contribution in [1.82, 2.24) is 0 Å². The quantitative estimate of drug-likeness (QED) is 0.659. The molecule has 0 radical (unpaired) electrons. The van der Waals surface area contributed by atoms with Crippen molar-refractivity contribution in [2.45, 2.75) is 24.3 Å². The molecular weight excluding hydrogens is 334 g/mol. The molecule has 2 bridgehead atoms. The van der Waals surface area contributed by atoms with Gasteiger partial charge in [-0.25, -0.2) is 0 Å². The highest BCUT2D eigenvalue weighted by Crippen LogP contribution is 2.60. The number of rotatable bonds is 2. The molecule has 2 saturated carbocycles. The Bertz CT molecular complexity index is 614. The van der Waals surface area contributed by atoms with Crippen LogP contribution in [0.15, 0.2) is 24.3 Å². The first-order chi connectivity index (χ1) is 10.1. The Hall–Kier alpha value is -1.36. The first kappa shape index (κ1) is 13.3. The second kappa shape index (κ2) is 4.57. The minimum absolute atomic E-state index is 0.0316. The number of esters is 1. The zero-order valence-corrected chi connectivity index (χ0v) is 13.2. The molecule has 110 valence electrons. The number of anilines is 1. The number of fused-ring (bicyclic) bond motifs is 1. The predicted octanol–water partition coefficient (Wildman–Crippen LogP) is 2.50. The molecule has 5 heteroatoms. The number of aryl methyl sites for hydroxylation is 1. The van der Waals surface area contributed by atoms with Crippen molar-refractivity contribution in [2.75, 3.05) is 5.32 Å². The number of benzene rings is 1. The molecule has 1 aromatic carbocycles. The summed E-state index contributed by atoms with van der Waals surface area (Å²) in [7, 11) is 0. The van der Waals surface area contributed by atoms with Crippen LogP contribution in [0.5, 0.6) is 0 Å². The van der Waals surface area contributed by atoms with Gasteiger partial charge in [-0.2, -0.15) is 0 Å². The van der Waals surface area contributed by atoms with Gasteiger partial charge in [-0.05, 0) is 31.4 Å². The van der Waals surface area contributed by atoms with Crippen LogP contribution in [-0.2, 0) is 14.3 Å². The molecule has 3 fully saturated rings. The van der Waals surface area contributed by atoms with Gasteiger partial charge in [0.15, 0.2) is 0 Å². The second-order valence-electron chi connectivity index (χ2n) is 6.32. The summed E-state index contributed by atoms with van der Waals surface area (Å²) in [5, 5.41) is 2.95. The highest BCUT2D eigenvalue weighted by atomic mass is 79.9. The lowest BCUT2D eigenvalue weighted by Crippen LogP contribution is -2.40. The molecule has 3 aliphatic rings. The highest BCUT2D eigenvalue weighted by molar-refractivity contribution is 9.09. The average molecular weight is 350 g/mol. The average Bonchev–Trinajstić information content (AvgIpc) is 3.05. The van der Waals surface area contributed by atoms with E-state index in [9.17, 15) is 9.59 Å². The van der Waals surface area contributed by atoms with E-state index < -0.39 is 0 Å². The number of nitrogens with one attached hydrogen (secondary N) is 1. The first-order valence-corrected chi connectivity index (χ1v) is 8.20. The van der Waals surface area contributed by atoms with E-state index in [1.807, 2.05) is 31.2 Å². The zero-order valence-electron chi connectivity index (χ0n) is 11.6. The Labute approximate surface area is 131 Å². The summed E-state index contributed by atoms with van der Waals surface area (Å²) in [6, 6.07) is 7.71. The largest absolute Gasteiger partial charge is 0.461 e. The Kier molecular flexibility index (Phi) is 2.89. The van der Waals surface area contributed by atoms with Crippen LogP contribution in [-0.4, -0.2) is 22.8 Å². The maximum Gasteiger partial charge on any atom is 0.310 e. The first-order valence-electron chi connectivity index (χ1n) is 7.28. The molecule has 0 spiro atoms. The van der Waals surface area contributed by atoms with Gasteiger partial charge in [0.1, 0.15) is 6.10 Å². The predicted molar refractivity (Wildman–Crippen MR) is 81.0 cm³/mol. The van der Waals surface area contributed by atoms with Gasteiger partial charge in [-0.1, -0.05) is 33.6 Å². The third-order valence-electron chi connectivity index (χ3n) is 5.14. The molecule has 2 aliphatic carbocycles. The lowest BCUT2D eigenvalue weighted by molar-refractivity contribution is -0.145. The number of amides is 1. The molecule has 4 rings (SSSR count). The fraction of sp³-hybridized carbons (Fsp3) is 0.500. The van der Waals surface area contributed by atoms with Crippen molar-refractivity contribution in [3.63, 3.8) is 0 Å². The van der Waals surface area contributed by atoms with E-state index in [2.05, 4.69) is 21.2 Å². The molecule has 0 aromatic heterocycles. The Morgan fingerprint density at radius 3 is 2.71 bits per heavy atom. The van der Waals surface area contributed by atoms with Gasteiger partial charge in [0.25, 0.3) is 0 Å². The molecule has 21 heavy (non-hydrogen) atoms. The SMILES string of the molecule is Cc1ccc(NC(=O)[C@H]2[C@H]3C[C@@H]4[C@H](OC(=O)[C@@H]42)[C@@H]3Br)cc1. The molecular formula is C16H16BrNO3. The number of ether oxygens (including phenoxy) is 1. The van der Waals surface area contributed by atoms with Crippen LogP contribution in [0.4, 0.5) is 5.69 Å². The van der Waals surface area contributed by atoms with Gasteiger partial charge >= 0.3 is 5.97 Å². The van der Waals surface area contributed by atoms with Gasteiger partial charge in [-0.3, -0.25) is 9.59 Å². The summed E-state index contributed by atoms with van der Waals surface area (Å²) in [6.45, 7) is 2.01. The van der Waals surface area contributed by atoms with Gasteiger partial charge in [0.2, 0.25) is 5.91 Å². The Balaban J connectivity index is 1.57. The fourth-order valence-corrected chi connectivity index (χ4v) is 5.24. The van der Waals surface area contributed by atoms with E-state index in [1.54, 1.807) is 0 Å². The lowest BCUT2D eigenvalue weighted by atomic mass is 9.79. The standard InChI is InChI=1S/C16H16BrNO3/c1-7-2-4-8(5-3-7)18-15(19)11-9-6-10-12(11)16(20)21-14(10)13(9)17/h2-5,9-14H,6H2,1H3,(H,18,19)/t9-,10+,11+,12+,13-,14+/m1/s1. The number of alkyl halides is 1.